The maximum atomic E-state index is 6.00. The van der Waals surface area contributed by atoms with Crippen LogP contribution in [0.5, 0.6) is 0 Å². The Morgan fingerprint density at radius 2 is 2.24 bits per heavy atom. The average Bonchev–Trinajstić information content (AvgIpc) is 3.25. The van der Waals surface area contributed by atoms with E-state index in [4.69, 9.17) is 9.47 Å². The molecule has 4 heterocycles. The van der Waals surface area contributed by atoms with E-state index in [0.717, 1.165) is 57.4 Å². The lowest BCUT2D eigenvalue weighted by Gasteiger charge is -2.25. The highest BCUT2D eigenvalue weighted by atomic mass is 16.5. The van der Waals surface area contributed by atoms with Gasteiger partial charge in [-0.1, -0.05) is 6.07 Å². The molecular formula is C19H26N4O2. The number of imidazole rings is 1. The zero-order valence-corrected chi connectivity index (χ0v) is 14.6. The van der Waals surface area contributed by atoms with Gasteiger partial charge in [0.2, 0.25) is 0 Å². The molecule has 2 unspecified atom stereocenters. The van der Waals surface area contributed by atoms with Crippen LogP contribution < -0.4 is 0 Å². The second-order valence-corrected chi connectivity index (χ2v) is 7.16. The van der Waals surface area contributed by atoms with Crippen molar-refractivity contribution in [2.45, 2.75) is 26.1 Å². The number of hydrogen-bond acceptors (Lipinski definition) is 5. The van der Waals surface area contributed by atoms with Gasteiger partial charge in [0.15, 0.2) is 0 Å². The second kappa shape index (κ2) is 8.08. The van der Waals surface area contributed by atoms with Crippen LogP contribution in [0, 0.1) is 11.8 Å². The highest BCUT2D eigenvalue weighted by molar-refractivity contribution is 5.06. The molecule has 2 aliphatic heterocycles. The second-order valence-electron chi connectivity index (χ2n) is 7.16. The molecule has 6 heteroatoms. The predicted octanol–water partition coefficient (Wildman–Crippen LogP) is 1.96. The van der Waals surface area contributed by atoms with E-state index in [-0.39, 0.29) is 0 Å². The monoisotopic (exact) mass is 342 g/mol. The Balaban J connectivity index is 1.36. The molecule has 0 aliphatic carbocycles. The standard InChI is InChI=1S/C19H26N4O2/c1-2-16(8-20-4-1)13-25-15-18-10-22(9-17-3-7-24-14-17)12-19-21-5-6-23(19)11-18/h1-2,4-6,8,17-18H,3,7,9-15H2. The zero-order valence-electron chi connectivity index (χ0n) is 14.6. The molecule has 4 rings (SSSR count). The summed E-state index contributed by atoms with van der Waals surface area (Å²) < 4.78 is 13.8. The summed E-state index contributed by atoms with van der Waals surface area (Å²) in [6.45, 7) is 7.21. The molecule has 0 aromatic carbocycles. The molecule has 2 aliphatic rings. The third kappa shape index (κ3) is 4.45. The number of aromatic nitrogens is 3. The number of fused-ring (bicyclic) bond motifs is 1. The van der Waals surface area contributed by atoms with Gasteiger partial charge in [-0.05, 0) is 24.0 Å². The molecule has 0 radical (unpaired) electrons. The van der Waals surface area contributed by atoms with Gasteiger partial charge in [-0.15, -0.1) is 0 Å². The number of hydrogen-bond donors (Lipinski definition) is 0. The lowest BCUT2D eigenvalue weighted by atomic mass is 10.1. The van der Waals surface area contributed by atoms with Crippen LogP contribution in [0.2, 0.25) is 0 Å². The fourth-order valence-corrected chi connectivity index (χ4v) is 3.79. The van der Waals surface area contributed by atoms with E-state index in [0.29, 0.717) is 18.4 Å². The quantitative estimate of drug-likeness (QED) is 0.803. The Labute approximate surface area is 148 Å². The van der Waals surface area contributed by atoms with Gasteiger partial charge in [-0.25, -0.2) is 4.98 Å². The SMILES string of the molecule is c1cncc(COCC2CN(CC3CCOC3)Cc3nccn3C2)c1. The molecule has 1 fully saturated rings. The minimum Gasteiger partial charge on any atom is -0.381 e. The van der Waals surface area contributed by atoms with Crippen molar-refractivity contribution in [3.8, 4) is 0 Å². The van der Waals surface area contributed by atoms with Crippen molar-refractivity contribution in [1.82, 2.24) is 19.4 Å². The van der Waals surface area contributed by atoms with Crippen LogP contribution in [0.4, 0.5) is 0 Å². The maximum absolute atomic E-state index is 6.00. The molecule has 0 spiro atoms. The first-order chi connectivity index (χ1) is 12.4. The van der Waals surface area contributed by atoms with Gasteiger partial charge in [0.25, 0.3) is 0 Å². The van der Waals surface area contributed by atoms with Crippen molar-refractivity contribution in [2.75, 3.05) is 32.9 Å². The number of ether oxygens (including phenoxy) is 2. The summed E-state index contributed by atoms with van der Waals surface area (Å²) in [5, 5.41) is 0. The van der Waals surface area contributed by atoms with Crippen LogP contribution in [0.15, 0.2) is 36.9 Å². The minimum absolute atomic E-state index is 0.467. The van der Waals surface area contributed by atoms with E-state index >= 15 is 0 Å². The van der Waals surface area contributed by atoms with Crippen LogP contribution in [-0.4, -0.2) is 52.3 Å². The lowest BCUT2D eigenvalue weighted by Crippen LogP contribution is -2.34. The normalized spacial score (nSPS) is 24.2. The third-order valence-corrected chi connectivity index (χ3v) is 5.02. The van der Waals surface area contributed by atoms with Gasteiger partial charge in [-0.3, -0.25) is 9.88 Å². The molecule has 134 valence electrons. The van der Waals surface area contributed by atoms with E-state index in [1.54, 1.807) is 6.20 Å². The van der Waals surface area contributed by atoms with Crippen molar-refractivity contribution in [2.24, 2.45) is 11.8 Å². The molecular weight excluding hydrogens is 316 g/mol. The minimum atomic E-state index is 0.467. The maximum Gasteiger partial charge on any atom is 0.122 e. The van der Waals surface area contributed by atoms with Gasteiger partial charge in [-0.2, -0.15) is 0 Å². The predicted molar refractivity (Wildman–Crippen MR) is 93.8 cm³/mol. The van der Waals surface area contributed by atoms with Gasteiger partial charge >= 0.3 is 0 Å². The Morgan fingerprint density at radius 3 is 3.08 bits per heavy atom. The Hall–Kier alpha value is -1.76. The Bertz CT molecular complexity index is 654. The smallest absolute Gasteiger partial charge is 0.122 e. The van der Waals surface area contributed by atoms with Crippen LogP contribution in [0.25, 0.3) is 0 Å². The molecule has 0 saturated carbocycles. The van der Waals surface area contributed by atoms with E-state index in [1.807, 2.05) is 18.5 Å². The van der Waals surface area contributed by atoms with Crippen molar-refractivity contribution in [3.63, 3.8) is 0 Å². The molecule has 2 atom stereocenters. The number of nitrogens with zero attached hydrogens (tertiary/aromatic N) is 4. The van der Waals surface area contributed by atoms with Crippen molar-refractivity contribution in [1.29, 1.82) is 0 Å². The fourth-order valence-electron chi connectivity index (χ4n) is 3.79. The van der Waals surface area contributed by atoms with E-state index in [9.17, 15) is 0 Å². The summed E-state index contributed by atoms with van der Waals surface area (Å²) in [5.41, 5.74) is 1.12. The number of pyridine rings is 1. The van der Waals surface area contributed by atoms with Gasteiger partial charge in [0, 0.05) is 56.9 Å². The molecule has 2 aromatic rings. The Morgan fingerprint density at radius 1 is 1.24 bits per heavy atom. The van der Waals surface area contributed by atoms with Gasteiger partial charge in [0.05, 0.1) is 26.4 Å². The molecule has 0 bridgehead atoms. The summed E-state index contributed by atoms with van der Waals surface area (Å²) in [6.07, 6.45) is 8.83. The largest absolute Gasteiger partial charge is 0.381 e. The highest BCUT2D eigenvalue weighted by Crippen LogP contribution is 2.20. The Kier molecular flexibility index (Phi) is 5.40. The van der Waals surface area contributed by atoms with Gasteiger partial charge < -0.3 is 14.0 Å². The summed E-state index contributed by atoms with van der Waals surface area (Å²) in [6, 6.07) is 4.01. The highest BCUT2D eigenvalue weighted by Gasteiger charge is 2.26. The molecule has 2 aromatic heterocycles. The summed E-state index contributed by atoms with van der Waals surface area (Å²) in [4.78, 5) is 11.2. The number of rotatable bonds is 6. The van der Waals surface area contributed by atoms with E-state index in [1.165, 1.54) is 6.42 Å². The third-order valence-electron chi connectivity index (χ3n) is 5.02. The average molecular weight is 342 g/mol. The van der Waals surface area contributed by atoms with E-state index in [2.05, 4.69) is 31.7 Å². The van der Waals surface area contributed by atoms with Crippen LogP contribution >= 0.6 is 0 Å². The van der Waals surface area contributed by atoms with Crippen molar-refractivity contribution >= 4 is 0 Å². The summed E-state index contributed by atoms with van der Waals surface area (Å²) in [7, 11) is 0. The van der Waals surface area contributed by atoms with Crippen LogP contribution in [-0.2, 0) is 29.2 Å². The molecule has 0 amide bonds. The molecule has 25 heavy (non-hydrogen) atoms. The molecule has 6 nitrogen and oxygen atoms in total. The fraction of sp³-hybridized carbons (Fsp3) is 0.579. The molecule has 1 saturated heterocycles. The first-order valence-electron chi connectivity index (χ1n) is 9.13. The summed E-state index contributed by atoms with van der Waals surface area (Å²) >= 11 is 0. The van der Waals surface area contributed by atoms with E-state index < -0.39 is 0 Å². The van der Waals surface area contributed by atoms with Crippen LogP contribution in [0.1, 0.15) is 17.8 Å². The first-order valence-corrected chi connectivity index (χ1v) is 9.13. The zero-order chi connectivity index (χ0) is 16.9. The van der Waals surface area contributed by atoms with Crippen molar-refractivity contribution < 1.29 is 9.47 Å². The topological polar surface area (TPSA) is 52.4 Å². The van der Waals surface area contributed by atoms with Crippen molar-refractivity contribution in [3.05, 3.63) is 48.3 Å². The van der Waals surface area contributed by atoms with Crippen LogP contribution in [0.3, 0.4) is 0 Å². The lowest BCUT2D eigenvalue weighted by molar-refractivity contribution is 0.0642. The van der Waals surface area contributed by atoms with Gasteiger partial charge in [0.1, 0.15) is 5.82 Å². The first kappa shape index (κ1) is 16.7. The summed E-state index contributed by atoms with van der Waals surface area (Å²) in [5.74, 6) is 2.28. The molecule has 0 N–H and O–H groups in total.